The van der Waals surface area contributed by atoms with Crippen molar-refractivity contribution in [1.82, 2.24) is 4.98 Å². The number of piperidine rings is 1. The van der Waals surface area contributed by atoms with E-state index in [4.69, 9.17) is 10.9 Å². The van der Waals surface area contributed by atoms with Crippen LogP contribution in [0, 0.1) is 5.92 Å². The zero-order valence-corrected chi connectivity index (χ0v) is 10.6. The van der Waals surface area contributed by atoms with Gasteiger partial charge in [-0.1, -0.05) is 5.16 Å². The Balaban J connectivity index is 2.01. The van der Waals surface area contributed by atoms with E-state index in [9.17, 15) is 13.2 Å². The largest absolute Gasteiger partial charge is 0.409 e. The third-order valence-electron chi connectivity index (χ3n) is 3.43. The first-order valence-corrected chi connectivity index (χ1v) is 6.17. The lowest BCUT2D eigenvalue weighted by Gasteiger charge is -2.33. The number of hydrogen-bond donors (Lipinski definition) is 2. The third kappa shape index (κ3) is 3.12. The van der Waals surface area contributed by atoms with Crippen LogP contribution >= 0.6 is 0 Å². The molecule has 1 aliphatic rings. The molecule has 0 bridgehead atoms. The minimum absolute atomic E-state index is 0.0557. The second-order valence-corrected chi connectivity index (χ2v) is 4.69. The van der Waals surface area contributed by atoms with Crippen LogP contribution in [0.4, 0.5) is 19.0 Å². The summed E-state index contributed by atoms with van der Waals surface area (Å²) < 4.78 is 37.7. The minimum atomic E-state index is -4.12. The lowest BCUT2D eigenvalue weighted by Crippen LogP contribution is -2.39. The smallest absolute Gasteiger partial charge is 0.391 e. The van der Waals surface area contributed by atoms with Crippen molar-refractivity contribution in [3.8, 4) is 0 Å². The number of amidine groups is 1. The standard InChI is InChI=1S/C12H15F3N4O/c13-12(14,15)9-3-5-19(6-4-9)10-2-1-8(7-17-10)11(16)18-20/h1-2,7,9,20H,3-6H2,(H2,16,18). The number of nitrogens with zero attached hydrogens (tertiary/aromatic N) is 3. The van der Waals surface area contributed by atoms with Gasteiger partial charge in [0, 0.05) is 24.8 Å². The summed E-state index contributed by atoms with van der Waals surface area (Å²) >= 11 is 0. The third-order valence-corrected chi connectivity index (χ3v) is 3.43. The Morgan fingerprint density at radius 2 is 2.00 bits per heavy atom. The Hall–Kier alpha value is -1.99. The van der Waals surface area contributed by atoms with Gasteiger partial charge in [0.05, 0.1) is 5.92 Å². The molecule has 0 radical (unpaired) electrons. The molecule has 1 aromatic rings. The van der Waals surface area contributed by atoms with E-state index < -0.39 is 12.1 Å². The summed E-state index contributed by atoms with van der Waals surface area (Å²) in [6, 6.07) is 3.27. The van der Waals surface area contributed by atoms with Gasteiger partial charge < -0.3 is 15.8 Å². The van der Waals surface area contributed by atoms with Crippen molar-refractivity contribution in [1.29, 1.82) is 0 Å². The Kier molecular flexibility index (Phi) is 4.01. The van der Waals surface area contributed by atoms with Crippen molar-refractivity contribution in [2.45, 2.75) is 19.0 Å². The van der Waals surface area contributed by atoms with E-state index >= 15 is 0 Å². The van der Waals surface area contributed by atoms with E-state index in [1.807, 2.05) is 0 Å². The van der Waals surface area contributed by atoms with Gasteiger partial charge in [0.2, 0.25) is 0 Å². The van der Waals surface area contributed by atoms with E-state index in [1.165, 1.54) is 6.20 Å². The fraction of sp³-hybridized carbons (Fsp3) is 0.500. The molecule has 2 heterocycles. The van der Waals surface area contributed by atoms with Crippen molar-refractivity contribution >= 4 is 11.7 Å². The summed E-state index contributed by atoms with van der Waals surface area (Å²) in [6.07, 6.45) is -2.53. The highest BCUT2D eigenvalue weighted by molar-refractivity contribution is 5.96. The van der Waals surface area contributed by atoms with Crippen molar-refractivity contribution in [2.75, 3.05) is 18.0 Å². The van der Waals surface area contributed by atoms with Crippen molar-refractivity contribution in [2.24, 2.45) is 16.8 Å². The van der Waals surface area contributed by atoms with E-state index in [0.29, 0.717) is 24.5 Å². The number of anilines is 1. The highest BCUT2D eigenvalue weighted by Crippen LogP contribution is 2.34. The number of oxime groups is 1. The van der Waals surface area contributed by atoms with Crippen molar-refractivity contribution in [3.63, 3.8) is 0 Å². The van der Waals surface area contributed by atoms with E-state index in [2.05, 4.69) is 10.1 Å². The number of hydrogen-bond acceptors (Lipinski definition) is 4. The number of pyridine rings is 1. The monoisotopic (exact) mass is 288 g/mol. The molecular weight excluding hydrogens is 273 g/mol. The molecule has 0 spiro atoms. The number of halogens is 3. The molecule has 0 amide bonds. The predicted molar refractivity (Wildman–Crippen MR) is 67.7 cm³/mol. The number of rotatable bonds is 2. The molecule has 2 rings (SSSR count). The maximum absolute atomic E-state index is 12.6. The fourth-order valence-electron chi connectivity index (χ4n) is 2.22. The van der Waals surface area contributed by atoms with Crippen LogP contribution in [0.25, 0.3) is 0 Å². The van der Waals surface area contributed by atoms with E-state index in [0.717, 1.165) is 0 Å². The molecule has 5 nitrogen and oxygen atoms in total. The number of alkyl halides is 3. The number of aromatic nitrogens is 1. The van der Waals surface area contributed by atoms with Crippen LogP contribution in [-0.2, 0) is 0 Å². The normalized spacial score (nSPS) is 18.4. The molecule has 0 aromatic carbocycles. The second kappa shape index (κ2) is 5.56. The molecule has 8 heteroatoms. The van der Waals surface area contributed by atoms with Gasteiger partial charge >= 0.3 is 6.18 Å². The van der Waals surface area contributed by atoms with Gasteiger partial charge in [-0.05, 0) is 25.0 Å². The maximum Gasteiger partial charge on any atom is 0.391 e. The minimum Gasteiger partial charge on any atom is -0.409 e. The van der Waals surface area contributed by atoms with Gasteiger partial charge in [-0.2, -0.15) is 13.2 Å². The van der Waals surface area contributed by atoms with Crippen LogP contribution in [-0.4, -0.2) is 35.3 Å². The highest BCUT2D eigenvalue weighted by atomic mass is 19.4. The van der Waals surface area contributed by atoms with Gasteiger partial charge in [-0.15, -0.1) is 0 Å². The Morgan fingerprint density at radius 3 is 2.45 bits per heavy atom. The van der Waals surface area contributed by atoms with Gasteiger partial charge in [-0.3, -0.25) is 0 Å². The van der Waals surface area contributed by atoms with Crippen molar-refractivity contribution < 1.29 is 18.4 Å². The van der Waals surface area contributed by atoms with Crippen LogP contribution in [0.2, 0.25) is 0 Å². The quantitative estimate of drug-likeness (QED) is 0.377. The molecule has 0 unspecified atom stereocenters. The molecule has 1 saturated heterocycles. The van der Waals surface area contributed by atoms with Gasteiger partial charge in [0.1, 0.15) is 5.82 Å². The SMILES string of the molecule is NC(=NO)c1ccc(N2CCC(C(F)(F)F)CC2)nc1. The lowest BCUT2D eigenvalue weighted by molar-refractivity contribution is -0.179. The molecular formula is C12H15F3N4O. The first-order valence-electron chi connectivity index (χ1n) is 6.17. The maximum atomic E-state index is 12.6. The van der Waals surface area contributed by atoms with E-state index in [-0.39, 0.29) is 18.7 Å². The summed E-state index contributed by atoms with van der Waals surface area (Å²) in [5.41, 5.74) is 5.87. The summed E-state index contributed by atoms with van der Waals surface area (Å²) in [5, 5.41) is 11.4. The van der Waals surface area contributed by atoms with E-state index in [1.54, 1.807) is 17.0 Å². The second-order valence-electron chi connectivity index (χ2n) is 4.69. The summed E-state index contributed by atoms with van der Waals surface area (Å²) in [6.45, 7) is 0.639. The first kappa shape index (κ1) is 14.4. The summed E-state index contributed by atoms with van der Waals surface area (Å²) in [5.74, 6) is -0.685. The van der Waals surface area contributed by atoms with Crippen LogP contribution in [0.1, 0.15) is 18.4 Å². The number of nitrogens with two attached hydrogens (primary N) is 1. The molecule has 20 heavy (non-hydrogen) atoms. The molecule has 0 saturated carbocycles. The average Bonchev–Trinajstić information content (AvgIpc) is 2.46. The lowest BCUT2D eigenvalue weighted by atomic mass is 9.96. The molecule has 110 valence electrons. The predicted octanol–water partition coefficient (Wildman–Crippen LogP) is 1.95. The molecule has 3 N–H and O–H groups in total. The molecule has 0 aliphatic carbocycles. The van der Waals surface area contributed by atoms with Crippen LogP contribution in [0.3, 0.4) is 0 Å². The zero-order chi connectivity index (χ0) is 14.8. The van der Waals surface area contributed by atoms with Crippen LogP contribution in [0.15, 0.2) is 23.5 Å². The molecule has 0 atom stereocenters. The Morgan fingerprint density at radius 1 is 1.35 bits per heavy atom. The van der Waals surface area contributed by atoms with Gasteiger partial charge in [0.15, 0.2) is 5.84 Å². The van der Waals surface area contributed by atoms with Gasteiger partial charge in [0.25, 0.3) is 0 Å². The Bertz CT molecular complexity index is 478. The summed E-state index contributed by atoms with van der Waals surface area (Å²) in [7, 11) is 0. The highest BCUT2D eigenvalue weighted by Gasteiger charge is 2.41. The summed E-state index contributed by atoms with van der Waals surface area (Å²) in [4.78, 5) is 5.94. The molecule has 1 fully saturated rings. The molecule has 1 aliphatic heterocycles. The van der Waals surface area contributed by atoms with Gasteiger partial charge in [-0.25, -0.2) is 4.98 Å². The van der Waals surface area contributed by atoms with Crippen LogP contribution in [0.5, 0.6) is 0 Å². The van der Waals surface area contributed by atoms with Crippen molar-refractivity contribution in [3.05, 3.63) is 23.9 Å². The first-order chi connectivity index (χ1) is 9.41. The Labute approximate surface area is 113 Å². The molecule has 1 aromatic heterocycles. The average molecular weight is 288 g/mol. The topological polar surface area (TPSA) is 74.7 Å². The fourth-order valence-corrected chi connectivity index (χ4v) is 2.22. The zero-order valence-electron chi connectivity index (χ0n) is 10.6. The van der Waals surface area contributed by atoms with Crippen LogP contribution < -0.4 is 10.6 Å².